The lowest BCUT2D eigenvalue weighted by molar-refractivity contribution is 0.0655. The van der Waals surface area contributed by atoms with Gasteiger partial charge in [0.25, 0.3) is 11.8 Å². The lowest BCUT2D eigenvalue weighted by Gasteiger charge is -2.12. The van der Waals surface area contributed by atoms with E-state index in [1.54, 1.807) is 54.5 Å². The van der Waals surface area contributed by atoms with E-state index in [4.69, 9.17) is 4.74 Å². The molecule has 0 bridgehead atoms. The van der Waals surface area contributed by atoms with Gasteiger partial charge in [0.2, 0.25) is 0 Å². The maximum Gasteiger partial charge on any atom is 0.261 e. The number of hydrogen-bond acceptors (Lipinski definition) is 6. The van der Waals surface area contributed by atoms with E-state index in [0.717, 1.165) is 32.5 Å². The quantitative estimate of drug-likeness (QED) is 0.364. The van der Waals surface area contributed by atoms with Crippen LogP contribution in [0.25, 0.3) is 10.2 Å². The van der Waals surface area contributed by atoms with Crippen LogP contribution < -0.4 is 4.74 Å². The zero-order valence-electron chi connectivity index (χ0n) is 14.1. The van der Waals surface area contributed by atoms with E-state index >= 15 is 0 Å². The summed E-state index contributed by atoms with van der Waals surface area (Å²) >= 11 is 3.29. The molecule has 1 aromatic heterocycles. The second kappa shape index (κ2) is 7.09. The van der Waals surface area contributed by atoms with Crippen LogP contribution in [-0.4, -0.2) is 41.1 Å². The fourth-order valence-electron chi connectivity index (χ4n) is 2.90. The lowest BCUT2D eigenvalue weighted by atomic mass is 10.1. The number of hydrogen-bond donors (Lipinski definition) is 0. The zero-order chi connectivity index (χ0) is 18.1. The molecule has 2 heterocycles. The Morgan fingerprint density at radius 2 is 1.85 bits per heavy atom. The van der Waals surface area contributed by atoms with Crippen molar-refractivity contribution in [2.24, 2.45) is 0 Å². The number of imide groups is 1. The molecule has 0 atom stereocenters. The number of carbonyl (C=O) groups is 2. The van der Waals surface area contributed by atoms with Crippen LogP contribution in [0.2, 0.25) is 0 Å². The van der Waals surface area contributed by atoms with Crippen molar-refractivity contribution in [1.82, 2.24) is 9.88 Å². The van der Waals surface area contributed by atoms with Crippen molar-refractivity contribution in [2.75, 3.05) is 19.4 Å². The molecule has 1 aliphatic rings. The number of amides is 2. The lowest BCUT2D eigenvalue weighted by Crippen LogP contribution is -2.30. The van der Waals surface area contributed by atoms with Gasteiger partial charge in [-0.3, -0.25) is 14.5 Å². The molecule has 2 aromatic carbocycles. The summed E-state index contributed by atoms with van der Waals surface area (Å²) in [5, 5.41) is 0. The topological polar surface area (TPSA) is 59.5 Å². The van der Waals surface area contributed by atoms with Gasteiger partial charge in [-0.15, -0.1) is 11.3 Å². The van der Waals surface area contributed by atoms with Crippen LogP contribution in [0.15, 0.2) is 46.8 Å². The van der Waals surface area contributed by atoms with Crippen LogP contribution in [0.3, 0.4) is 0 Å². The number of benzene rings is 2. The number of fused-ring (bicyclic) bond motifs is 2. The summed E-state index contributed by atoms with van der Waals surface area (Å²) in [6, 6.07) is 12.8. The van der Waals surface area contributed by atoms with E-state index in [-0.39, 0.29) is 11.8 Å². The largest absolute Gasteiger partial charge is 0.497 e. The molecule has 0 N–H and O–H groups in total. The van der Waals surface area contributed by atoms with Crippen LogP contribution in [0.4, 0.5) is 0 Å². The number of thiazole rings is 1. The van der Waals surface area contributed by atoms with Gasteiger partial charge < -0.3 is 4.74 Å². The van der Waals surface area contributed by atoms with Crippen molar-refractivity contribution >= 4 is 45.1 Å². The smallest absolute Gasteiger partial charge is 0.261 e. The van der Waals surface area contributed by atoms with Gasteiger partial charge >= 0.3 is 0 Å². The molecule has 132 valence electrons. The van der Waals surface area contributed by atoms with Gasteiger partial charge in [0, 0.05) is 18.4 Å². The molecule has 0 radical (unpaired) electrons. The van der Waals surface area contributed by atoms with E-state index in [2.05, 4.69) is 4.98 Å². The molecule has 5 nitrogen and oxygen atoms in total. The number of ether oxygens (including phenoxy) is 1. The standard InChI is InChI=1S/C19H16N2O3S2/c1-24-12-7-8-16-15(11-12)20-19(26-16)25-10-4-9-21-17(22)13-5-2-3-6-14(13)18(21)23/h2-3,5-8,11H,4,9-10H2,1H3. The molecule has 3 aromatic rings. The first-order chi connectivity index (χ1) is 12.7. The summed E-state index contributed by atoms with van der Waals surface area (Å²) in [4.78, 5) is 30.6. The van der Waals surface area contributed by atoms with E-state index in [0.29, 0.717) is 17.7 Å². The molecular weight excluding hydrogens is 368 g/mol. The minimum atomic E-state index is -0.192. The fourth-order valence-corrected chi connectivity index (χ4v) is 4.94. The maximum absolute atomic E-state index is 12.3. The Morgan fingerprint density at radius 1 is 1.12 bits per heavy atom. The average molecular weight is 384 g/mol. The Bertz CT molecular complexity index is 964. The number of rotatable bonds is 6. The highest BCUT2D eigenvalue weighted by atomic mass is 32.2. The molecule has 2 amide bonds. The van der Waals surface area contributed by atoms with Gasteiger partial charge in [-0.25, -0.2) is 4.98 Å². The Morgan fingerprint density at radius 3 is 2.54 bits per heavy atom. The summed E-state index contributed by atoms with van der Waals surface area (Å²) < 4.78 is 7.32. The minimum absolute atomic E-state index is 0.192. The summed E-state index contributed by atoms with van der Waals surface area (Å²) in [7, 11) is 1.64. The highest BCUT2D eigenvalue weighted by molar-refractivity contribution is 8.01. The molecule has 0 spiro atoms. The normalized spacial score (nSPS) is 13.5. The van der Waals surface area contributed by atoms with E-state index in [1.165, 1.54) is 4.90 Å². The summed E-state index contributed by atoms with van der Waals surface area (Å²) in [6.45, 7) is 0.429. The molecule has 26 heavy (non-hydrogen) atoms. The summed E-state index contributed by atoms with van der Waals surface area (Å²) in [5.74, 6) is 1.21. The Balaban J connectivity index is 1.35. The number of carbonyl (C=O) groups excluding carboxylic acids is 2. The average Bonchev–Trinajstić information content (AvgIpc) is 3.18. The van der Waals surface area contributed by atoms with Crippen molar-refractivity contribution in [1.29, 1.82) is 0 Å². The van der Waals surface area contributed by atoms with Crippen LogP contribution in [0, 0.1) is 0 Å². The summed E-state index contributed by atoms with van der Waals surface area (Å²) in [5.41, 5.74) is 1.94. The van der Waals surface area contributed by atoms with Crippen molar-refractivity contribution in [2.45, 2.75) is 10.8 Å². The Labute approximate surface area is 159 Å². The maximum atomic E-state index is 12.3. The molecule has 1 aliphatic heterocycles. The highest BCUT2D eigenvalue weighted by Gasteiger charge is 2.34. The van der Waals surface area contributed by atoms with Crippen LogP contribution in [0.1, 0.15) is 27.1 Å². The van der Waals surface area contributed by atoms with Crippen molar-refractivity contribution < 1.29 is 14.3 Å². The molecular formula is C19H16N2O3S2. The molecule has 0 saturated heterocycles. The minimum Gasteiger partial charge on any atom is -0.497 e. The Kier molecular flexibility index (Phi) is 4.65. The van der Waals surface area contributed by atoms with Crippen molar-refractivity contribution in [3.63, 3.8) is 0 Å². The third-order valence-electron chi connectivity index (χ3n) is 4.20. The third-order valence-corrected chi connectivity index (χ3v) is 6.47. The van der Waals surface area contributed by atoms with Gasteiger partial charge in [-0.05, 0) is 30.7 Å². The molecule has 4 rings (SSSR count). The van der Waals surface area contributed by atoms with Gasteiger partial charge in [0.1, 0.15) is 5.75 Å². The summed E-state index contributed by atoms with van der Waals surface area (Å²) in [6.07, 6.45) is 0.732. The number of aromatic nitrogens is 1. The van der Waals surface area contributed by atoms with Crippen LogP contribution in [-0.2, 0) is 0 Å². The predicted octanol–water partition coefficient (Wildman–Crippen LogP) is 4.08. The fraction of sp³-hybridized carbons (Fsp3) is 0.211. The number of nitrogens with zero attached hydrogens (tertiary/aromatic N) is 2. The first kappa shape index (κ1) is 17.1. The van der Waals surface area contributed by atoms with Gasteiger partial charge in [-0.2, -0.15) is 0 Å². The molecule has 7 heteroatoms. The SMILES string of the molecule is COc1ccc2sc(SCCCN3C(=O)c4ccccc4C3=O)nc2c1. The predicted molar refractivity (Wildman–Crippen MR) is 103 cm³/mol. The van der Waals surface area contributed by atoms with Crippen molar-refractivity contribution in [3.05, 3.63) is 53.6 Å². The van der Waals surface area contributed by atoms with Crippen LogP contribution in [0.5, 0.6) is 5.75 Å². The van der Waals surface area contributed by atoms with E-state index < -0.39 is 0 Å². The van der Waals surface area contributed by atoms with E-state index in [1.807, 2.05) is 18.2 Å². The van der Waals surface area contributed by atoms with Crippen molar-refractivity contribution in [3.8, 4) is 5.75 Å². The molecule has 0 saturated carbocycles. The van der Waals surface area contributed by atoms with Gasteiger partial charge in [-0.1, -0.05) is 23.9 Å². The number of methoxy groups -OCH3 is 1. The zero-order valence-corrected chi connectivity index (χ0v) is 15.7. The highest BCUT2D eigenvalue weighted by Crippen LogP contribution is 2.32. The molecule has 0 aliphatic carbocycles. The Hall–Kier alpha value is -2.38. The molecule has 0 fully saturated rings. The second-order valence-corrected chi connectivity index (χ2v) is 8.20. The third kappa shape index (κ3) is 3.08. The first-order valence-electron chi connectivity index (χ1n) is 8.20. The molecule has 0 unspecified atom stereocenters. The first-order valence-corrected chi connectivity index (χ1v) is 10.00. The van der Waals surface area contributed by atoms with Crippen LogP contribution >= 0.6 is 23.1 Å². The monoisotopic (exact) mass is 384 g/mol. The van der Waals surface area contributed by atoms with E-state index in [9.17, 15) is 9.59 Å². The number of thioether (sulfide) groups is 1. The second-order valence-electron chi connectivity index (χ2n) is 5.82. The van der Waals surface area contributed by atoms with Gasteiger partial charge in [0.05, 0.1) is 28.5 Å². The van der Waals surface area contributed by atoms with Gasteiger partial charge in [0.15, 0.2) is 4.34 Å².